The monoisotopic (exact) mass is 292 g/mol. The van der Waals surface area contributed by atoms with Gasteiger partial charge < -0.3 is 9.47 Å². The van der Waals surface area contributed by atoms with Crippen molar-refractivity contribution in [1.29, 1.82) is 0 Å². The molecule has 0 aliphatic carbocycles. The number of ether oxygens (including phenoxy) is 2. The van der Waals surface area contributed by atoms with Crippen LogP contribution in [0, 0.1) is 0 Å². The van der Waals surface area contributed by atoms with E-state index in [2.05, 4.69) is 6.92 Å². The predicted octanol–water partition coefficient (Wildman–Crippen LogP) is 5.18. The lowest BCUT2D eigenvalue weighted by Crippen LogP contribution is -2.06. The highest BCUT2D eigenvalue weighted by Crippen LogP contribution is 2.10. The van der Waals surface area contributed by atoms with Crippen molar-refractivity contribution in [3.63, 3.8) is 0 Å². The van der Waals surface area contributed by atoms with Crippen molar-refractivity contribution in [2.75, 3.05) is 32.3 Å². The van der Waals surface area contributed by atoms with Crippen molar-refractivity contribution in [3.8, 4) is 0 Å². The van der Waals surface area contributed by atoms with E-state index in [1.54, 1.807) is 0 Å². The zero-order chi connectivity index (χ0) is 14.0. The van der Waals surface area contributed by atoms with Crippen LogP contribution in [0.4, 0.5) is 0 Å². The standard InChI is InChI=1S/C16H33ClO2/c1-2-3-4-5-6-7-8-9-10-11-13-18-15-16-19-14-12-17/h2-16H2,1H3. The first-order valence-electron chi connectivity index (χ1n) is 8.13. The number of hydrogen-bond donors (Lipinski definition) is 0. The average molecular weight is 293 g/mol. The van der Waals surface area contributed by atoms with Gasteiger partial charge in [0, 0.05) is 12.5 Å². The molecule has 0 amide bonds. The smallest absolute Gasteiger partial charge is 0.0701 e. The van der Waals surface area contributed by atoms with Gasteiger partial charge in [-0.25, -0.2) is 0 Å². The number of alkyl halides is 1. The highest BCUT2D eigenvalue weighted by Gasteiger charge is 1.93. The number of rotatable bonds is 16. The van der Waals surface area contributed by atoms with Crippen LogP contribution in [0.2, 0.25) is 0 Å². The Labute approximate surface area is 125 Å². The minimum absolute atomic E-state index is 0.568. The molecular weight excluding hydrogens is 260 g/mol. The van der Waals surface area contributed by atoms with Gasteiger partial charge in [-0.3, -0.25) is 0 Å². The van der Waals surface area contributed by atoms with Gasteiger partial charge in [0.25, 0.3) is 0 Å². The third-order valence-corrected chi connectivity index (χ3v) is 3.39. The summed E-state index contributed by atoms with van der Waals surface area (Å²) in [5.74, 6) is 0.568. The van der Waals surface area contributed by atoms with Crippen LogP contribution >= 0.6 is 11.6 Å². The summed E-state index contributed by atoms with van der Waals surface area (Å²) in [5, 5.41) is 0. The third kappa shape index (κ3) is 18.2. The van der Waals surface area contributed by atoms with Crippen LogP contribution in [-0.2, 0) is 9.47 Å². The summed E-state index contributed by atoms with van der Waals surface area (Å²) >= 11 is 5.49. The average Bonchev–Trinajstić information content (AvgIpc) is 2.43. The summed E-state index contributed by atoms with van der Waals surface area (Å²) < 4.78 is 10.7. The first-order chi connectivity index (χ1) is 9.41. The third-order valence-electron chi connectivity index (χ3n) is 3.24. The lowest BCUT2D eigenvalue weighted by atomic mass is 10.1. The van der Waals surface area contributed by atoms with E-state index in [0.717, 1.165) is 6.61 Å². The van der Waals surface area contributed by atoms with Crippen LogP contribution in [0.1, 0.15) is 71.1 Å². The Hall–Kier alpha value is 0.210. The Morgan fingerprint density at radius 2 is 1.05 bits per heavy atom. The van der Waals surface area contributed by atoms with Crippen LogP contribution in [-0.4, -0.2) is 32.3 Å². The van der Waals surface area contributed by atoms with Gasteiger partial charge in [0.2, 0.25) is 0 Å². The fourth-order valence-electron chi connectivity index (χ4n) is 2.07. The number of halogens is 1. The van der Waals surface area contributed by atoms with E-state index in [1.807, 2.05) is 0 Å². The molecule has 0 heterocycles. The molecule has 0 radical (unpaired) electrons. The van der Waals surface area contributed by atoms with Gasteiger partial charge in [0.1, 0.15) is 0 Å². The summed E-state index contributed by atoms with van der Waals surface area (Å²) in [7, 11) is 0. The quantitative estimate of drug-likeness (QED) is 0.288. The molecule has 2 nitrogen and oxygen atoms in total. The van der Waals surface area contributed by atoms with Crippen LogP contribution in [0.3, 0.4) is 0 Å². The zero-order valence-electron chi connectivity index (χ0n) is 12.8. The van der Waals surface area contributed by atoms with Crippen molar-refractivity contribution < 1.29 is 9.47 Å². The molecular formula is C16H33ClO2. The zero-order valence-corrected chi connectivity index (χ0v) is 13.6. The molecule has 3 heteroatoms. The summed E-state index contributed by atoms with van der Waals surface area (Å²) in [4.78, 5) is 0. The van der Waals surface area contributed by atoms with Crippen molar-refractivity contribution in [2.24, 2.45) is 0 Å². The van der Waals surface area contributed by atoms with Gasteiger partial charge in [0.15, 0.2) is 0 Å². The van der Waals surface area contributed by atoms with Gasteiger partial charge in [0.05, 0.1) is 19.8 Å². The van der Waals surface area contributed by atoms with Crippen LogP contribution in [0.25, 0.3) is 0 Å². The fourth-order valence-corrected chi connectivity index (χ4v) is 2.18. The first kappa shape index (κ1) is 19.2. The van der Waals surface area contributed by atoms with Gasteiger partial charge in [-0.15, -0.1) is 11.6 Å². The maximum Gasteiger partial charge on any atom is 0.0701 e. The molecule has 0 atom stereocenters. The second kappa shape index (κ2) is 18.2. The molecule has 0 fully saturated rings. The van der Waals surface area contributed by atoms with E-state index in [1.165, 1.54) is 64.2 Å². The molecule has 0 aromatic rings. The number of hydrogen-bond acceptors (Lipinski definition) is 2. The largest absolute Gasteiger partial charge is 0.379 e. The lowest BCUT2D eigenvalue weighted by Gasteiger charge is -2.05. The molecule has 0 aliphatic rings. The Morgan fingerprint density at radius 1 is 0.579 bits per heavy atom. The Kier molecular flexibility index (Phi) is 18.4. The number of unbranched alkanes of at least 4 members (excludes halogenated alkanes) is 9. The molecule has 0 aromatic carbocycles. The predicted molar refractivity (Wildman–Crippen MR) is 84.2 cm³/mol. The van der Waals surface area contributed by atoms with E-state index in [4.69, 9.17) is 21.1 Å². The Morgan fingerprint density at radius 3 is 1.58 bits per heavy atom. The van der Waals surface area contributed by atoms with Crippen molar-refractivity contribution >= 4 is 11.6 Å². The van der Waals surface area contributed by atoms with E-state index in [0.29, 0.717) is 25.7 Å². The van der Waals surface area contributed by atoms with Gasteiger partial charge in [-0.05, 0) is 6.42 Å². The Bertz CT molecular complexity index is 138. The van der Waals surface area contributed by atoms with Crippen LogP contribution < -0.4 is 0 Å². The molecule has 0 aromatic heterocycles. The van der Waals surface area contributed by atoms with Crippen LogP contribution in [0.15, 0.2) is 0 Å². The second-order valence-electron chi connectivity index (χ2n) is 5.10. The van der Waals surface area contributed by atoms with Crippen molar-refractivity contribution in [1.82, 2.24) is 0 Å². The molecule has 0 rings (SSSR count). The fraction of sp³-hybridized carbons (Fsp3) is 1.00. The SMILES string of the molecule is CCCCCCCCCCCCOCCOCCCl. The second-order valence-corrected chi connectivity index (χ2v) is 5.47. The lowest BCUT2D eigenvalue weighted by molar-refractivity contribution is 0.0519. The van der Waals surface area contributed by atoms with E-state index in [-0.39, 0.29) is 0 Å². The van der Waals surface area contributed by atoms with Gasteiger partial charge in [-0.1, -0.05) is 64.7 Å². The molecule has 19 heavy (non-hydrogen) atoms. The van der Waals surface area contributed by atoms with Crippen LogP contribution in [0.5, 0.6) is 0 Å². The topological polar surface area (TPSA) is 18.5 Å². The van der Waals surface area contributed by atoms with E-state index < -0.39 is 0 Å². The maximum atomic E-state index is 5.49. The minimum Gasteiger partial charge on any atom is -0.379 e. The molecule has 0 saturated heterocycles. The molecule has 0 spiro atoms. The minimum atomic E-state index is 0.568. The van der Waals surface area contributed by atoms with Crippen molar-refractivity contribution in [3.05, 3.63) is 0 Å². The van der Waals surface area contributed by atoms with Gasteiger partial charge in [-0.2, -0.15) is 0 Å². The van der Waals surface area contributed by atoms with E-state index >= 15 is 0 Å². The summed E-state index contributed by atoms with van der Waals surface area (Å²) in [6.07, 6.45) is 13.7. The van der Waals surface area contributed by atoms with Crippen molar-refractivity contribution in [2.45, 2.75) is 71.1 Å². The summed E-state index contributed by atoms with van der Waals surface area (Å²) in [5.41, 5.74) is 0. The highest BCUT2D eigenvalue weighted by molar-refractivity contribution is 6.17. The van der Waals surface area contributed by atoms with Gasteiger partial charge >= 0.3 is 0 Å². The molecule has 116 valence electrons. The summed E-state index contributed by atoms with van der Waals surface area (Å²) in [6, 6.07) is 0. The highest BCUT2D eigenvalue weighted by atomic mass is 35.5. The molecule has 0 bridgehead atoms. The molecule has 0 unspecified atom stereocenters. The summed E-state index contributed by atoms with van der Waals surface area (Å²) in [6.45, 7) is 5.15. The maximum absolute atomic E-state index is 5.49. The molecule has 0 aliphatic heterocycles. The Balaban J connectivity index is 2.88. The molecule has 0 saturated carbocycles. The van der Waals surface area contributed by atoms with E-state index in [9.17, 15) is 0 Å². The molecule has 0 N–H and O–H groups in total. The normalized spacial score (nSPS) is 11.1. The first-order valence-corrected chi connectivity index (χ1v) is 8.66.